The minimum absolute atomic E-state index is 0.0168. The van der Waals surface area contributed by atoms with Crippen molar-refractivity contribution < 1.29 is 9.53 Å². The molecule has 1 N–H and O–H groups in total. The van der Waals surface area contributed by atoms with E-state index in [4.69, 9.17) is 4.74 Å². The SMILES string of the molecule is COC(=O)C1CCN(C2NC(c3ccccc3)=CS2)C1. The van der Waals surface area contributed by atoms with Crippen LogP contribution in [0.1, 0.15) is 12.0 Å². The standard InChI is InChI=1S/C15H18N2O2S/c1-19-14(18)12-7-8-17(9-12)15-16-13(10-20-15)11-5-3-2-4-6-11/h2-6,10,12,15-16H,7-9H2,1H3. The first-order valence-electron chi connectivity index (χ1n) is 6.77. The van der Waals surface area contributed by atoms with Gasteiger partial charge in [0.05, 0.1) is 13.0 Å². The zero-order chi connectivity index (χ0) is 13.9. The third kappa shape index (κ3) is 2.69. The molecule has 2 aliphatic rings. The molecule has 0 aliphatic carbocycles. The molecule has 0 radical (unpaired) electrons. The molecule has 1 saturated heterocycles. The Hall–Kier alpha value is -1.46. The Bertz CT molecular complexity index is 518. The second-order valence-electron chi connectivity index (χ2n) is 5.03. The van der Waals surface area contributed by atoms with Crippen LogP contribution in [0.3, 0.4) is 0 Å². The Kier molecular flexibility index (Phi) is 3.98. The van der Waals surface area contributed by atoms with Crippen LogP contribution in [0.5, 0.6) is 0 Å². The highest BCUT2D eigenvalue weighted by molar-refractivity contribution is 8.03. The van der Waals surface area contributed by atoms with Crippen molar-refractivity contribution in [2.75, 3.05) is 20.2 Å². The van der Waals surface area contributed by atoms with Crippen LogP contribution >= 0.6 is 11.8 Å². The fraction of sp³-hybridized carbons (Fsp3) is 0.400. The average Bonchev–Trinajstić information content (AvgIpc) is 3.16. The summed E-state index contributed by atoms with van der Waals surface area (Å²) in [4.78, 5) is 13.9. The molecule has 0 bridgehead atoms. The van der Waals surface area contributed by atoms with Gasteiger partial charge in [0.15, 0.2) is 0 Å². The number of thioether (sulfide) groups is 1. The molecule has 4 nitrogen and oxygen atoms in total. The van der Waals surface area contributed by atoms with Crippen molar-refractivity contribution in [3.8, 4) is 0 Å². The van der Waals surface area contributed by atoms with Gasteiger partial charge in [-0.3, -0.25) is 9.69 Å². The predicted octanol–water partition coefficient (Wildman–Crippen LogP) is 2.10. The average molecular weight is 290 g/mol. The van der Waals surface area contributed by atoms with Crippen LogP contribution in [0.15, 0.2) is 35.7 Å². The van der Waals surface area contributed by atoms with Crippen LogP contribution in [0.2, 0.25) is 0 Å². The summed E-state index contributed by atoms with van der Waals surface area (Å²) in [5.41, 5.74) is 2.58. The van der Waals surface area contributed by atoms with Gasteiger partial charge in [-0.2, -0.15) is 0 Å². The van der Waals surface area contributed by atoms with Gasteiger partial charge in [-0.05, 0) is 17.4 Å². The molecule has 0 amide bonds. The lowest BCUT2D eigenvalue weighted by Gasteiger charge is -2.24. The van der Waals surface area contributed by atoms with Gasteiger partial charge < -0.3 is 10.1 Å². The minimum atomic E-state index is -0.0910. The van der Waals surface area contributed by atoms with E-state index in [2.05, 4.69) is 27.8 Å². The van der Waals surface area contributed by atoms with Crippen molar-refractivity contribution in [3.05, 3.63) is 41.3 Å². The Morgan fingerprint density at radius 3 is 2.95 bits per heavy atom. The molecule has 0 aromatic heterocycles. The molecule has 0 spiro atoms. The summed E-state index contributed by atoms with van der Waals surface area (Å²) in [6, 6.07) is 10.3. The van der Waals surface area contributed by atoms with Gasteiger partial charge in [0.1, 0.15) is 5.50 Å². The normalized spacial score (nSPS) is 26.1. The van der Waals surface area contributed by atoms with E-state index < -0.39 is 0 Å². The van der Waals surface area contributed by atoms with E-state index in [9.17, 15) is 4.79 Å². The van der Waals surface area contributed by atoms with Gasteiger partial charge in [0.2, 0.25) is 0 Å². The summed E-state index contributed by atoms with van der Waals surface area (Å²) in [5.74, 6) is -0.0742. The fourth-order valence-electron chi connectivity index (χ4n) is 2.64. The summed E-state index contributed by atoms with van der Waals surface area (Å²) in [7, 11) is 1.46. The molecule has 0 saturated carbocycles. The van der Waals surface area contributed by atoms with E-state index in [0.29, 0.717) is 0 Å². The molecule has 2 heterocycles. The number of carbonyl (C=O) groups is 1. The Morgan fingerprint density at radius 1 is 1.40 bits per heavy atom. The van der Waals surface area contributed by atoms with Crippen molar-refractivity contribution in [1.29, 1.82) is 0 Å². The van der Waals surface area contributed by atoms with Crippen LogP contribution in [-0.2, 0) is 9.53 Å². The highest BCUT2D eigenvalue weighted by Crippen LogP contribution is 2.32. The van der Waals surface area contributed by atoms with E-state index in [1.54, 1.807) is 11.8 Å². The van der Waals surface area contributed by atoms with Crippen LogP contribution in [0, 0.1) is 5.92 Å². The second-order valence-corrected chi connectivity index (χ2v) is 5.99. The number of nitrogens with one attached hydrogen (secondary N) is 1. The zero-order valence-electron chi connectivity index (χ0n) is 11.4. The summed E-state index contributed by atoms with van der Waals surface area (Å²) in [6.45, 7) is 1.70. The van der Waals surface area contributed by atoms with Gasteiger partial charge in [-0.25, -0.2) is 0 Å². The molecule has 20 heavy (non-hydrogen) atoms. The maximum absolute atomic E-state index is 11.6. The first-order chi connectivity index (χ1) is 9.78. The van der Waals surface area contributed by atoms with Gasteiger partial charge in [0.25, 0.3) is 0 Å². The molecule has 2 atom stereocenters. The summed E-state index contributed by atoms with van der Waals surface area (Å²) in [5, 5.41) is 5.68. The Balaban J connectivity index is 1.59. The van der Waals surface area contributed by atoms with E-state index in [-0.39, 0.29) is 17.4 Å². The maximum Gasteiger partial charge on any atom is 0.310 e. The topological polar surface area (TPSA) is 41.6 Å². The third-order valence-corrected chi connectivity index (χ3v) is 4.81. The number of benzene rings is 1. The largest absolute Gasteiger partial charge is 0.469 e. The molecule has 1 aromatic carbocycles. The van der Waals surface area contributed by atoms with E-state index in [0.717, 1.165) is 25.2 Å². The lowest BCUT2D eigenvalue weighted by molar-refractivity contribution is -0.144. The quantitative estimate of drug-likeness (QED) is 0.864. The number of ether oxygens (including phenoxy) is 1. The number of rotatable bonds is 3. The molecule has 2 unspecified atom stereocenters. The van der Waals surface area contributed by atoms with Crippen LogP contribution in [-0.4, -0.2) is 36.6 Å². The number of esters is 1. The number of hydrogen-bond acceptors (Lipinski definition) is 5. The molecule has 1 aromatic rings. The zero-order valence-corrected chi connectivity index (χ0v) is 12.2. The van der Waals surface area contributed by atoms with Crippen molar-refractivity contribution in [2.24, 2.45) is 5.92 Å². The maximum atomic E-state index is 11.6. The summed E-state index contributed by atoms with van der Waals surface area (Å²) >= 11 is 1.76. The fourth-order valence-corrected chi connectivity index (χ4v) is 3.67. The number of likely N-dealkylation sites (tertiary alicyclic amines) is 1. The molecule has 5 heteroatoms. The number of methoxy groups -OCH3 is 1. The smallest absolute Gasteiger partial charge is 0.310 e. The molecule has 3 rings (SSSR count). The Morgan fingerprint density at radius 2 is 2.20 bits per heavy atom. The van der Waals surface area contributed by atoms with Crippen LogP contribution < -0.4 is 5.32 Å². The van der Waals surface area contributed by atoms with Gasteiger partial charge in [-0.15, -0.1) is 0 Å². The first kappa shape index (κ1) is 13.5. The third-order valence-electron chi connectivity index (χ3n) is 3.76. The molecular weight excluding hydrogens is 272 g/mol. The second kappa shape index (κ2) is 5.89. The Labute approximate surface area is 123 Å². The summed E-state index contributed by atoms with van der Waals surface area (Å²) < 4.78 is 4.83. The van der Waals surface area contributed by atoms with Crippen molar-refractivity contribution in [3.63, 3.8) is 0 Å². The predicted molar refractivity (Wildman–Crippen MR) is 80.6 cm³/mol. The van der Waals surface area contributed by atoms with Gasteiger partial charge in [-0.1, -0.05) is 42.1 Å². The molecule has 106 valence electrons. The van der Waals surface area contributed by atoms with E-state index in [1.165, 1.54) is 12.7 Å². The molecular formula is C15H18N2O2S. The van der Waals surface area contributed by atoms with E-state index >= 15 is 0 Å². The van der Waals surface area contributed by atoms with Crippen LogP contribution in [0.25, 0.3) is 5.70 Å². The minimum Gasteiger partial charge on any atom is -0.469 e. The molecule has 1 fully saturated rings. The van der Waals surface area contributed by atoms with Crippen molar-refractivity contribution in [2.45, 2.75) is 11.9 Å². The first-order valence-corrected chi connectivity index (χ1v) is 7.71. The van der Waals surface area contributed by atoms with E-state index in [1.807, 2.05) is 18.2 Å². The number of carbonyl (C=O) groups excluding carboxylic acids is 1. The number of hydrogen-bond donors (Lipinski definition) is 1. The van der Waals surface area contributed by atoms with Gasteiger partial charge in [0, 0.05) is 18.8 Å². The highest BCUT2D eigenvalue weighted by Gasteiger charge is 2.34. The van der Waals surface area contributed by atoms with Gasteiger partial charge >= 0.3 is 5.97 Å². The lowest BCUT2D eigenvalue weighted by atomic mass is 10.1. The van der Waals surface area contributed by atoms with Crippen molar-refractivity contribution in [1.82, 2.24) is 10.2 Å². The highest BCUT2D eigenvalue weighted by atomic mass is 32.2. The lowest BCUT2D eigenvalue weighted by Crippen LogP contribution is -2.39. The summed E-state index contributed by atoms with van der Waals surface area (Å²) in [6.07, 6.45) is 0.881. The van der Waals surface area contributed by atoms with Crippen LogP contribution in [0.4, 0.5) is 0 Å². The monoisotopic (exact) mass is 290 g/mol. The molecule has 2 aliphatic heterocycles. The van der Waals surface area contributed by atoms with Crippen molar-refractivity contribution >= 4 is 23.4 Å². The number of nitrogens with zero attached hydrogens (tertiary/aromatic N) is 1.